The van der Waals surface area contributed by atoms with E-state index in [0.717, 1.165) is 11.3 Å². The number of hydrogen-bond donors (Lipinski definition) is 3. The molecule has 10 nitrogen and oxygen atoms in total. The van der Waals surface area contributed by atoms with Gasteiger partial charge in [0.25, 0.3) is 15.9 Å². The van der Waals surface area contributed by atoms with Crippen molar-refractivity contribution in [2.75, 3.05) is 32.1 Å². The van der Waals surface area contributed by atoms with E-state index in [9.17, 15) is 23.1 Å². The van der Waals surface area contributed by atoms with Crippen LogP contribution in [-0.4, -0.2) is 79.6 Å². The van der Waals surface area contributed by atoms with Gasteiger partial charge in [0.15, 0.2) is 0 Å². The van der Waals surface area contributed by atoms with Crippen LogP contribution in [0.25, 0.3) is 0 Å². The van der Waals surface area contributed by atoms with Gasteiger partial charge in [0.2, 0.25) is 0 Å². The number of amides is 3. The van der Waals surface area contributed by atoms with Gasteiger partial charge in [-0.25, -0.2) is 13.2 Å². The topological polar surface area (TPSA) is 128 Å². The highest BCUT2D eigenvalue weighted by molar-refractivity contribution is 7.91. The predicted molar refractivity (Wildman–Crippen MR) is 139 cm³/mol. The monoisotopic (exact) mass is 538 g/mol. The molecule has 0 spiro atoms. The molecule has 0 radical (unpaired) electrons. The number of urea groups is 1. The molecule has 3 rings (SSSR count). The summed E-state index contributed by atoms with van der Waals surface area (Å²) in [6.07, 6.45) is -0.576. The van der Waals surface area contributed by atoms with Crippen LogP contribution in [0.1, 0.15) is 38.1 Å². The Morgan fingerprint density at radius 2 is 2.03 bits per heavy atom. The van der Waals surface area contributed by atoms with Gasteiger partial charge in [0, 0.05) is 31.2 Å². The summed E-state index contributed by atoms with van der Waals surface area (Å²) in [5.74, 6) is -0.306. The lowest BCUT2D eigenvalue weighted by molar-refractivity contribution is 0.0387. The molecule has 3 atom stereocenters. The van der Waals surface area contributed by atoms with E-state index in [2.05, 4.69) is 10.6 Å². The Morgan fingerprint density at radius 3 is 2.64 bits per heavy atom. The molecular formula is C24H34N4O6S2. The number of nitrogens with zero attached hydrogens (tertiary/aromatic N) is 2. The van der Waals surface area contributed by atoms with E-state index in [1.165, 1.54) is 17.4 Å². The minimum Gasteiger partial charge on any atom is -0.488 e. The van der Waals surface area contributed by atoms with E-state index in [-0.39, 0.29) is 53.1 Å². The van der Waals surface area contributed by atoms with Gasteiger partial charge in [0.05, 0.1) is 24.8 Å². The standard InChI is InChI=1S/C24H34N4O6S2/c1-15(2)25-24(31)26-18-8-9-20-19(11-18)23(30)28(17(4)14-29)12-16(3)21(34-20)13-27(5)36(32,33)22-7-6-10-35-22/h6-11,15-17,21,29H,12-14H2,1-5H3,(H2,25,26,31)/t16-,17-,21+/m0/s1. The molecule has 0 saturated heterocycles. The Morgan fingerprint density at radius 1 is 1.31 bits per heavy atom. The molecule has 0 unspecified atom stereocenters. The molecule has 1 aromatic carbocycles. The maximum atomic E-state index is 13.5. The lowest BCUT2D eigenvalue weighted by atomic mass is 9.99. The van der Waals surface area contributed by atoms with Crippen LogP contribution in [0.2, 0.25) is 0 Å². The first-order valence-electron chi connectivity index (χ1n) is 11.7. The average Bonchev–Trinajstić information content (AvgIpc) is 3.36. The Bertz CT molecular complexity index is 1170. The smallest absolute Gasteiger partial charge is 0.319 e. The van der Waals surface area contributed by atoms with E-state index >= 15 is 0 Å². The summed E-state index contributed by atoms with van der Waals surface area (Å²) in [7, 11) is -2.19. The number of ether oxygens (including phenoxy) is 1. The van der Waals surface area contributed by atoms with Crippen molar-refractivity contribution in [3.63, 3.8) is 0 Å². The summed E-state index contributed by atoms with van der Waals surface area (Å²) >= 11 is 1.14. The molecule has 0 saturated carbocycles. The van der Waals surface area contributed by atoms with E-state index in [1.807, 2.05) is 20.8 Å². The summed E-state index contributed by atoms with van der Waals surface area (Å²) in [4.78, 5) is 27.2. The predicted octanol–water partition coefficient (Wildman–Crippen LogP) is 2.82. The van der Waals surface area contributed by atoms with Crippen LogP contribution in [0.3, 0.4) is 0 Å². The molecule has 1 aliphatic rings. The molecule has 3 amide bonds. The summed E-state index contributed by atoms with van der Waals surface area (Å²) in [6, 6.07) is 7.06. The first-order chi connectivity index (χ1) is 16.9. The van der Waals surface area contributed by atoms with Crippen LogP contribution >= 0.6 is 11.3 Å². The SMILES string of the molecule is CC(C)NC(=O)Nc1ccc2c(c1)C(=O)N([C@@H](C)CO)C[C@H](C)[C@@H](CN(C)S(=O)(=O)c1cccs1)O2. The number of thiophene rings is 1. The number of fused-ring (bicyclic) bond motifs is 1. The zero-order valence-corrected chi connectivity index (χ0v) is 22.7. The van der Waals surface area contributed by atoms with Gasteiger partial charge in [-0.05, 0) is 50.4 Å². The fourth-order valence-electron chi connectivity index (χ4n) is 3.86. The number of carbonyl (C=O) groups excluding carboxylic acids is 2. The van der Waals surface area contributed by atoms with Gasteiger partial charge < -0.3 is 25.4 Å². The number of aliphatic hydroxyl groups is 1. The maximum absolute atomic E-state index is 13.5. The fraction of sp³-hybridized carbons (Fsp3) is 0.500. The molecule has 198 valence electrons. The number of benzene rings is 1. The van der Waals surface area contributed by atoms with Crippen LogP contribution in [0.15, 0.2) is 39.9 Å². The maximum Gasteiger partial charge on any atom is 0.319 e. The van der Waals surface area contributed by atoms with Crippen molar-refractivity contribution in [1.82, 2.24) is 14.5 Å². The highest BCUT2D eigenvalue weighted by Crippen LogP contribution is 2.31. The lowest BCUT2D eigenvalue weighted by Crippen LogP contribution is -2.50. The highest BCUT2D eigenvalue weighted by Gasteiger charge is 2.35. The number of nitrogens with one attached hydrogen (secondary N) is 2. The number of sulfonamides is 1. The number of carbonyl (C=O) groups is 2. The third kappa shape index (κ3) is 6.36. The van der Waals surface area contributed by atoms with E-state index < -0.39 is 28.2 Å². The Kier molecular flexibility index (Phi) is 8.98. The minimum atomic E-state index is -3.70. The summed E-state index contributed by atoms with van der Waals surface area (Å²) in [5, 5.41) is 17.0. The fourth-order valence-corrected chi connectivity index (χ4v) is 6.25. The van der Waals surface area contributed by atoms with E-state index in [1.54, 1.807) is 41.5 Å². The van der Waals surface area contributed by atoms with Crippen LogP contribution in [0, 0.1) is 5.92 Å². The first-order valence-corrected chi connectivity index (χ1v) is 14.1. The van der Waals surface area contributed by atoms with Crippen LogP contribution in [0.4, 0.5) is 10.5 Å². The van der Waals surface area contributed by atoms with Gasteiger partial charge in [-0.3, -0.25) is 4.79 Å². The molecule has 12 heteroatoms. The summed E-state index contributed by atoms with van der Waals surface area (Å²) < 4.78 is 33.8. The van der Waals surface area contributed by atoms with Crippen molar-refractivity contribution in [1.29, 1.82) is 0 Å². The summed E-state index contributed by atoms with van der Waals surface area (Å²) in [5.41, 5.74) is 0.626. The first kappa shape index (κ1) is 27.9. The largest absolute Gasteiger partial charge is 0.488 e. The third-order valence-electron chi connectivity index (χ3n) is 5.94. The van der Waals surface area contributed by atoms with Crippen LogP contribution in [-0.2, 0) is 10.0 Å². The second-order valence-electron chi connectivity index (χ2n) is 9.30. The molecule has 1 aliphatic heterocycles. The van der Waals surface area contributed by atoms with Gasteiger partial charge in [-0.15, -0.1) is 11.3 Å². The molecule has 0 fully saturated rings. The molecule has 2 heterocycles. The molecule has 1 aromatic heterocycles. The lowest BCUT2D eigenvalue weighted by Gasteiger charge is -2.38. The zero-order chi connectivity index (χ0) is 26.6. The van der Waals surface area contributed by atoms with E-state index in [0.29, 0.717) is 5.69 Å². The number of rotatable bonds is 8. The van der Waals surface area contributed by atoms with Gasteiger partial charge in [0.1, 0.15) is 16.1 Å². The van der Waals surface area contributed by atoms with Gasteiger partial charge >= 0.3 is 6.03 Å². The van der Waals surface area contributed by atoms with Crippen LogP contribution in [0.5, 0.6) is 5.75 Å². The highest BCUT2D eigenvalue weighted by atomic mass is 32.2. The molecule has 3 N–H and O–H groups in total. The molecule has 36 heavy (non-hydrogen) atoms. The quantitative estimate of drug-likeness (QED) is 0.474. The van der Waals surface area contributed by atoms with Gasteiger partial charge in [-0.1, -0.05) is 13.0 Å². The minimum absolute atomic E-state index is 0.0627. The van der Waals surface area contributed by atoms with E-state index in [4.69, 9.17) is 4.74 Å². The Hall–Kier alpha value is -2.67. The zero-order valence-electron chi connectivity index (χ0n) is 21.1. The second-order valence-corrected chi connectivity index (χ2v) is 12.5. The third-order valence-corrected chi connectivity index (χ3v) is 9.14. The number of likely N-dealkylation sites (N-methyl/N-ethyl adjacent to an activating group) is 1. The number of aliphatic hydroxyl groups excluding tert-OH is 1. The molecular weight excluding hydrogens is 504 g/mol. The van der Waals surface area contributed by atoms with Gasteiger partial charge in [-0.2, -0.15) is 4.31 Å². The van der Waals surface area contributed by atoms with Crippen molar-refractivity contribution in [2.24, 2.45) is 5.92 Å². The van der Waals surface area contributed by atoms with Crippen molar-refractivity contribution < 1.29 is 27.9 Å². The number of hydrogen-bond acceptors (Lipinski definition) is 7. The second kappa shape index (κ2) is 11.6. The van der Waals surface area contributed by atoms with Crippen LogP contribution < -0.4 is 15.4 Å². The average molecular weight is 539 g/mol. The summed E-state index contributed by atoms with van der Waals surface area (Å²) in [6.45, 7) is 7.38. The molecule has 0 bridgehead atoms. The van der Waals surface area contributed by atoms with Crippen molar-refractivity contribution in [2.45, 2.75) is 50.1 Å². The Balaban J connectivity index is 1.94. The molecule has 0 aliphatic carbocycles. The normalized spacial score (nSPS) is 19.3. The number of anilines is 1. The van der Waals surface area contributed by atoms with Crippen molar-refractivity contribution in [3.8, 4) is 5.75 Å². The van der Waals surface area contributed by atoms with Crippen molar-refractivity contribution >= 4 is 39.0 Å². The Labute approximate surface area is 216 Å². The molecule has 2 aromatic rings. The van der Waals surface area contributed by atoms with Crippen molar-refractivity contribution in [3.05, 3.63) is 41.3 Å².